The van der Waals surface area contributed by atoms with Crippen molar-refractivity contribution in [2.45, 2.75) is 18.9 Å². The lowest BCUT2D eigenvalue weighted by atomic mass is 9.89. The summed E-state index contributed by atoms with van der Waals surface area (Å²) in [4.78, 5) is 3.34. The molecule has 1 aliphatic rings. The molecule has 2 nitrogen and oxygen atoms in total. The average Bonchev–Trinajstić information content (AvgIpc) is 2.64. The summed E-state index contributed by atoms with van der Waals surface area (Å²) >= 11 is 0. The number of hydrogen-bond acceptors (Lipinski definition) is 1. The Morgan fingerprint density at radius 2 is 2.14 bits per heavy atom. The summed E-state index contributed by atoms with van der Waals surface area (Å²) in [6, 6.07) is 7.13. The van der Waals surface area contributed by atoms with Crippen molar-refractivity contribution in [1.29, 1.82) is 0 Å². The van der Waals surface area contributed by atoms with Crippen LogP contribution < -0.4 is 5.32 Å². The quantitative estimate of drug-likeness (QED) is 0.699. The number of nitrogens with one attached hydrogen (secondary N) is 2. The Balaban J connectivity index is 2.23. The van der Waals surface area contributed by atoms with Gasteiger partial charge >= 0.3 is 0 Å². The predicted molar refractivity (Wildman–Crippen MR) is 58.6 cm³/mol. The highest BCUT2D eigenvalue weighted by molar-refractivity contribution is 5.87. The standard InChI is InChI=1S/C12H14N2/c1-13-10-5-8-3-2-4-11-12(8)9(6-10)7-14-11/h2-4,7,10,13-14H,5-6H2,1H3. The van der Waals surface area contributed by atoms with Gasteiger partial charge in [-0.1, -0.05) is 12.1 Å². The zero-order chi connectivity index (χ0) is 9.54. The normalized spacial score (nSPS) is 20.2. The molecule has 1 heterocycles. The molecule has 1 aromatic heterocycles. The molecular weight excluding hydrogens is 172 g/mol. The minimum absolute atomic E-state index is 0.601. The number of H-pyrrole nitrogens is 1. The lowest BCUT2D eigenvalue weighted by Crippen LogP contribution is -2.31. The predicted octanol–water partition coefficient (Wildman–Crippen LogP) is 1.85. The largest absolute Gasteiger partial charge is 0.361 e. The summed E-state index contributed by atoms with van der Waals surface area (Å²) in [6.07, 6.45) is 4.45. The Kier molecular flexibility index (Phi) is 1.64. The maximum atomic E-state index is 3.36. The highest BCUT2D eigenvalue weighted by Crippen LogP contribution is 2.29. The van der Waals surface area contributed by atoms with Crippen LogP contribution in [0.2, 0.25) is 0 Å². The molecule has 1 unspecified atom stereocenters. The van der Waals surface area contributed by atoms with E-state index in [9.17, 15) is 0 Å². The molecule has 3 rings (SSSR count). The van der Waals surface area contributed by atoms with Gasteiger partial charge in [0.15, 0.2) is 0 Å². The highest BCUT2D eigenvalue weighted by Gasteiger charge is 2.19. The Hall–Kier alpha value is -1.28. The number of rotatable bonds is 1. The van der Waals surface area contributed by atoms with Crippen LogP contribution in [0, 0.1) is 0 Å². The molecule has 0 saturated heterocycles. The van der Waals surface area contributed by atoms with Gasteiger partial charge in [0.05, 0.1) is 0 Å². The lowest BCUT2D eigenvalue weighted by molar-refractivity contribution is 0.551. The van der Waals surface area contributed by atoms with Gasteiger partial charge in [-0.25, -0.2) is 0 Å². The monoisotopic (exact) mass is 186 g/mol. The minimum Gasteiger partial charge on any atom is -0.361 e. The molecule has 72 valence electrons. The zero-order valence-electron chi connectivity index (χ0n) is 8.30. The van der Waals surface area contributed by atoms with Gasteiger partial charge in [0.1, 0.15) is 0 Å². The fourth-order valence-corrected chi connectivity index (χ4v) is 2.47. The van der Waals surface area contributed by atoms with Crippen LogP contribution in [0.3, 0.4) is 0 Å². The van der Waals surface area contributed by atoms with E-state index in [-0.39, 0.29) is 0 Å². The van der Waals surface area contributed by atoms with E-state index in [0.29, 0.717) is 6.04 Å². The van der Waals surface area contributed by atoms with Gasteiger partial charge in [-0.3, -0.25) is 0 Å². The second-order valence-corrected chi connectivity index (χ2v) is 4.05. The first kappa shape index (κ1) is 8.06. The number of aromatic amines is 1. The Morgan fingerprint density at radius 3 is 3.00 bits per heavy atom. The molecule has 2 N–H and O–H groups in total. The molecule has 0 amide bonds. The van der Waals surface area contributed by atoms with E-state index in [1.54, 1.807) is 0 Å². The van der Waals surface area contributed by atoms with E-state index in [1.165, 1.54) is 22.0 Å². The van der Waals surface area contributed by atoms with E-state index in [2.05, 4.69) is 34.7 Å². The molecule has 1 aliphatic carbocycles. The van der Waals surface area contributed by atoms with Crippen molar-refractivity contribution in [3.63, 3.8) is 0 Å². The van der Waals surface area contributed by atoms with Crippen LogP contribution in [0.25, 0.3) is 10.9 Å². The number of aromatic nitrogens is 1. The molecule has 2 aromatic rings. The first-order valence-corrected chi connectivity index (χ1v) is 5.13. The van der Waals surface area contributed by atoms with E-state index >= 15 is 0 Å². The number of hydrogen-bond donors (Lipinski definition) is 2. The van der Waals surface area contributed by atoms with E-state index in [4.69, 9.17) is 0 Å². The number of likely N-dealkylation sites (N-methyl/N-ethyl adjacent to an activating group) is 1. The molecular formula is C12H14N2. The molecule has 0 aliphatic heterocycles. The molecule has 0 spiro atoms. The second-order valence-electron chi connectivity index (χ2n) is 4.05. The van der Waals surface area contributed by atoms with Crippen molar-refractivity contribution in [1.82, 2.24) is 10.3 Å². The maximum Gasteiger partial charge on any atom is 0.0459 e. The highest BCUT2D eigenvalue weighted by atomic mass is 14.9. The third-order valence-corrected chi connectivity index (χ3v) is 3.21. The summed E-state index contributed by atoms with van der Waals surface area (Å²) in [5, 5.41) is 4.82. The van der Waals surface area contributed by atoms with E-state index in [0.717, 1.165) is 12.8 Å². The molecule has 2 heteroatoms. The fourth-order valence-electron chi connectivity index (χ4n) is 2.47. The van der Waals surface area contributed by atoms with Gasteiger partial charge in [-0.2, -0.15) is 0 Å². The first-order valence-electron chi connectivity index (χ1n) is 5.13. The van der Waals surface area contributed by atoms with Crippen molar-refractivity contribution < 1.29 is 0 Å². The molecule has 0 bridgehead atoms. The minimum atomic E-state index is 0.601. The van der Waals surface area contributed by atoms with E-state index in [1.807, 2.05) is 7.05 Å². The van der Waals surface area contributed by atoms with Gasteiger partial charge in [-0.05, 0) is 37.1 Å². The summed E-state index contributed by atoms with van der Waals surface area (Å²) in [7, 11) is 2.04. The zero-order valence-corrected chi connectivity index (χ0v) is 8.30. The van der Waals surface area contributed by atoms with Crippen LogP contribution in [-0.2, 0) is 12.8 Å². The topological polar surface area (TPSA) is 27.8 Å². The van der Waals surface area contributed by atoms with Gasteiger partial charge in [0.25, 0.3) is 0 Å². The summed E-state index contributed by atoms with van der Waals surface area (Å²) in [6.45, 7) is 0. The Labute approximate surface area is 83.3 Å². The van der Waals surface area contributed by atoms with Crippen LogP contribution in [0.15, 0.2) is 24.4 Å². The van der Waals surface area contributed by atoms with Gasteiger partial charge in [-0.15, -0.1) is 0 Å². The van der Waals surface area contributed by atoms with Crippen LogP contribution in [-0.4, -0.2) is 18.1 Å². The fraction of sp³-hybridized carbons (Fsp3) is 0.333. The van der Waals surface area contributed by atoms with Gasteiger partial charge in [0, 0.05) is 23.1 Å². The van der Waals surface area contributed by atoms with Crippen molar-refractivity contribution in [3.8, 4) is 0 Å². The maximum absolute atomic E-state index is 3.36. The number of benzene rings is 1. The molecule has 0 saturated carbocycles. The SMILES string of the molecule is CNC1Cc2cccc3[nH]cc(c23)C1. The van der Waals surface area contributed by atoms with Crippen molar-refractivity contribution in [2.75, 3.05) is 7.05 Å². The van der Waals surface area contributed by atoms with Gasteiger partial charge < -0.3 is 10.3 Å². The van der Waals surface area contributed by atoms with Crippen molar-refractivity contribution >= 4 is 10.9 Å². The van der Waals surface area contributed by atoms with Gasteiger partial charge in [0.2, 0.25) is 0 Å². The molecule has 14 heavy (non-hydrogen) atoms. The molecule has 0 radical (unpaired) electrons. The third kappa shape index (κ3) is 1.01. The summed E-state index contributed by atoms with van der Waals surface area (Å²) in [5.74, 6) is 0. The van der Waals surface area contributed by atoms with Crippen LogP contribution in [0.1, 0.15) is 11.1 Å². The van der Waals surface area contributed by atoms with E-state index < -0.39 is 0 Å². The first-order chi connectivity index (χ1) is 6.88. The Bertz CT molecular complexity index is 470. The average molecular weight is 186 g/mol. The molecule has 1 atom stereocenters. The summed E-state index contributed by atoms with van der Waals surface area (Å²) < 4.78 is 0. The van der Waals surface area contributed by atoms with Crippen molar-refractivity contribution in [2.24, 2.45) is 0 Å². The van der Waals surface area contributed by atoms with Crippen molar-refractivity contribution in [3.05, 3.63) is 35.5 Å². The Morgan fingerprint density at radius 1 is 1.29 bits per heavy atom. The molecule has 1 aromatic carbocycles. The van der Waals surface area contributed by atoms with Crippen LogP contribution in [0.5, 0.6) is 0 Å². The summed E-state index contributed by atoms with van der Waals surface area (Å²) in [5.41, 5.74) is 4.22. The van der Waals surface area contributed by atoms with Crippen LogP contribution in [0.4, 0.5) is 0 Å². The third-order valence-electron chi connectivity index (χ3n) is 3.21. The molecule has 0 fully saturated rings. The van der Waals surface area contributed by atoms with Crippen LogP contribution >= 0.6 is 0 Å². The second kappa shape index (κ2) is 2.85. The smallest absolute Gasteiger partial charge is 0.0459 e. The lowest BCUT2D eigenvalue weighted by Gasteiger charge is -2.21.